The van der Waals surface area contributed by atoms with E-state index in [2.05, 4.69) is 4.98 Å². The number of aryl methyl sites for hydroxylation is 1. The minimum atomic E-state index is -0.463. The van der Waals surface area contributed by atoms with Crippen molar-refractivity contribution in [2.75, 3.05) is 0 Å². The summed E-state index contributed by atoms with van der Waals surface area (Å²) < 4.78 is 13.0. The summed E-state index contributed by atoms with van der Waals surface area (Å²) in [6.45, 7) is 0. The molecule has 4 heteroatoms. The Morgan fingerprint density at radius 3 is 2.58 bits per heavy atom. The van der Waals surface area contributed by atoms with Gasteiger partial charge in [0.05, 0.1) is 5.02 Å². The highest BCUT2D eigenvalue weighted by Crippen LogP contribution is 2.17. The van der Waals surface area contributed by atoms with Gasteiger partial charge in [0.15, 0.2) is 0 Å². The molecule has 19 heavy (non-hydrogen) atoms. The Balaban J connectivity index is 1.89. The average Bonchev–Trinajstić information content (AvgIpc) is 2.42. The van der Waals surface area contributed by atoms with Gasteiger partial charge in [-0.3, -0.25) is 9.78 Å². The first kappa shape index (κ1) is 13.7. The Kier molecular flexibility index (Phi) is 4.63. The molecule has 1 heterocycles. The largest absolute Gasteiger partial charge is 0.299 e. The molecule has 1 aromatic carbocycles. The number of ketones is 1. The average molecular weight is 278 g/mol. The van der Waals surface area contributed by atoms with Crippen molar-refractivity contribution in [1.82, 2.24) is 4.98 Å². The van der Waals surface area contributed by atoms with Crippen LogP contribution < -0.4 is 0 Å². The second kappa shape index (κ2) is 6.43. The van der Waals surface area contributed by atoms with Crippen molar-refractivity contribution >= 4 is 17.4 Å². The van der Waals surface area contributed by atoms with E-state index in [0.717, 1.165) is 11.1 Å². The number of hydrogen-bond acceptors (Lipinski definition) is 2. The van der Waals surface area contributed by atoms with E-state index in [9.17, 15) is 9.18 Å². The maximum absolute atomic E-state index is 13.0. The number of benzene rings is 1. The predicted octanol–water partition coefficient (Wildman–Crippen LogP) is 3.62. The second-order valence-electron chi connectivity index (χ2n) is 4.32. The number of Topliss-reactive ketones (excluding diaryl/α,β-unsaturated/α-hetero) is 1. The number of hydrogen-bond donors (Lipinski definition) is 0. The lowest BCUT2D eigenvalue weighted by Crippen LogP contribution is -2.04. The van der Waals surface area contributed by atoms with E-state index in [-0.39, 0.29) is 17.2 Å². The Morgan fingerprint density at radius 1 is 1.16 bits per heavy atom. The molecule has 2 rings (SSSR count). The number of aromatic nitrogens is 1. The molecular formula is C15H13ClFNO. The molecule has 0 amide bonds. The van der Waals surface area contributed by atoms with Crippen LogP contribution in [0.25, 0.3) is 0 Å². The first-order valence-electron chi connectivity index (χ1n) is 5.99. The quantitative estimate of drug-likeness (QED) is 0.835. The highest BCUT2D eigenvalue weighted by atomic mass is 35.5. The lowest BCUT2D eigenvalue weighted by atomic mass is 10.0. The lowest BCUT2D eigenvalue weighted by molar-refractivity contribution is -0.118. The molecule has 0 spiro atoms. The fourth-order valence-electron chi connectivity index (χ4n) is 1.80. The van der Waals surface area contributed by atoms with Gasteiger partial charge >= 0.3 is 0 Å². The molecule has 0 unspecified atom stereocenters. The van der Waals surface area contributed by atoms with Crippen molar-refractivity contribution < 1.29 is 9.18 Å². The van der Waals surface area contributed by atoms with Gasteiger partial charge in [-0.1, -0.05) is 17.7 Å². The first-order valence-corrected chi connectivity index (χ1v) is 6.37. The zero-order chi connectivity index (χ0) is 13.7. The highest BCUT2D eigenvalue weighted by Gasteiger charge is 2.07. The van der Waals surface area contributed by atoms with Crippen LogP contribution in [0.3, 0.4) is 0 Å². The van der Waals surface area contributed by atoms with Gasteiger partial charge in [-0.25, -0.2) is 4.39 Å². The van der Waals surface area contributed by atoms with Crippen LogP contribution in [0.2, 0.25) is 5.02 Å². The minimum absolute atomic E-state index is 0.0550. The molecule has 0 saturated heterocycles. The van der Waals surface area contributed by atoms with Gasteiger partial charge in [0.2, 0.25) is 0 Å². The number of carbonyl (C=O) groups is 1. The third kappa shape index (κ3) is 4.14. The summed E-state index contributed by atoms with van der Waals surface area (Å²) in [5.74, 6) is -0.353. The number of carbonyl (C=O) groups excluding carboxylic acids is 1. The molecule has 0 aliphatic carbocycles. The van der Waals surface area contributed by atoms with Gasteiger partial charge in [0, 0.05) is 25.2 Å². The summed E-state index contributed by atoms with van der Waals surface area (Å²) in [7, 11) is 0. The monoisotopic (exact) mass is 277 g/mol. The van der Waals surface area contributed by atoms with E-state index >= 15 is 0 Å². The van der Waals surface area contributed by atoms with E-state index in [1.165, 1.54) is 12.1 Å². The smallest absolute Gasteiger partial charge is 0.141 e. The Labute approximate surface area is 116 Å². The summed E-state index contributed by atoms with van der Waals surface area (Å²) in [5.41, 5.74) is 1.83. The SMILES string of the molecule is O=C(CCc1ccncc1)Cc1ccc(F)c(Cl)c1. The van der Waals surface area contributed by atoms with E-state index < -0.39 is 5.82 Å². The number of halogens is 2. The van der Waals surface area contributed by atoms with Crippen LogP contribution in [-0.2, 0) is 17.6 Å². The second-order valence-corrected chi connectivity index (χ2v) is 4.73. The van der Waals surface area contributed by atoms with Crippen molar-refractivity contribution in [2.45, 2.75) is 19.3 Å². The molecule has 98 valence electrons. The van der Waals surface area contributed by atoms with Crippen LogP contribution >= 0.6 is 11.6 Å². The molecule has 0 aliphatic heterocycles. The van der Waals surface area contributed by atoms with Crippen LogP contribution in [0, 0.1) is 5.82 Å². The predicted molar refractivity (Wildman–Crippen MR) is 72.7 cm³/mol. The summed E-state index contributed by atoms with van der Waals surface area (Å²) in [6, 6.07) is 8.16. The zero-order valence-corrected chi connectivity index (χ0v) is 11.0. The first-order chi connectivity index (χ1) is 9.15. The minimum Gasteiger partial charge on any atom is -0.299 e. The molecule has 1 aromatic heterocycles. The van der Waals surface area contributed by atoms with E-state index in [4.69, 9.17) is 11.6 Å². The van der Waals surface area contributed by atoms with E-state index in [1.807, 2.05) is 12.1 Å². The highest BCUT2D eigenvalue weighted by molar-refractivity contribution is 6.30. The summed E-state index contributed by atoms with van der Waals surface area (Å²) in [6.07, 6.45) is 4.85. The van der Waals surface area contributed by atoms with Crippen LogP contribution in [0.1, 0.15) is 17.5 Å². The molecule has 0 radical (unpaired) electrons. The zero-order valence-electron chi connectivity index (χ0n) is 10.3. The lowest BCUT2D eigenvalue weighted by Gasteiger charge is -2.03. The third-order valence-corrected chi connectivity index (χ3v) is 3.12. The van der Waals surface area contributed by atoms with Crippen LogP contribution in [0.4, 0.5) is 4.39 Å². The van der Waals surface area contributed by atoms with Gasteiger partial charge in [-0.2, -0.15) is 0 Å². The van der Waals surface area contributed by atoms with Crippen molar-refractivity contribution in [3.63, 3.8) is 0 Å². The standard InChI is InChI=1S/C15H13ClFNO/c16-14-10-12(2-4-15(14)17)9-13(19)3-1-11-5-7-18-8-6-11/h2,4-8,10H,1,3,9H2. The fraction of sp³-hybridized carbons (Fsp3) is 0.200. The molecule has 0 saturated carbocycles. The molecule has 2 aromatic rings. The number of rotatable bonds is 5. The van der Waals surface area contributed by atoms with Gasteiger partial charge in [-0.05, 0) is 41.8 Å². The molecule has 0 aliphatic rings. The molecule has 2 nitrogen and oxygen atoms in total. The normalized spacial score (nSPS) is 10.4. The Hall–Kier alpha value is -1.74. The van der Waals surface area contributed by atoms with Gasteiger partial charge in [0.1, 0.15) is 11.6 Å². The molecular weight excluding hydrogens is 265 g/mol. The Morgan fingerprint density at radius 2 is 1.89 bits per heavy atom. The molecule has 0 bridgehead atoms. The topological polar surface area (TPSA) is 30.0 Å². The maximum Gasteiger partial charge on any atom is 0.141 e. The van der Waals surface area contributed by atoms with Gasteiger partial charge in [-0.15, -0.1) is 0 Å². The maximum atomic E-state index is 13.0. The fourth-order valence-corrected chi connectivity index (χ4v) is 2.00. The van der Waals surface area contributed by atoms with Gasteiger partial charge in [0.25, 0.3) is 0 Å². The van der Waals surface area contributed by atoms with Crippen LogP contribution in [0.5, 0.6) is 0 Å². The van der Waals surface area contributed by atoms with Crippen molar-refractivity contribution in [3.8, 4) is 0 Å². The molecule has 0 fully saturated rings. The molecule has 0 N–H and O–H groups in total. The van der Waals surface area contributed by atoms with Crippen molar-refractivity contribution in [2.24, 2.45) is 0 Å². The van der Waals surface area contributed by atoms with E-state index in [1.54, 1.807) is 18.5 Å². The number of pyridine rings is 1. The van der Waals surface area contributed by atoms with Gasteiger partial charge < -0.3 is 0 Å². The third-order valence-electron chi connectivity index (χ3n) is 2.83. The Bertz CT molecular complexity index is 572. The van der Waals surface area contributed by atoms with Crippen molar-refractivity contribution in [3.05, 3.63) is 64.7 Å². The van der Waals surface area contributed by atoms with E-state index in [0.29, 0.717) is 12.8 Å². The summed E-state index contributed by atoms with van der Waals surface area (Å²) in [4.78, 5) is 15.8. The number of nitrogens with zero attached hydrogens (tertiary/aromatic N) is 1. The van der Waals surface area contributed by atoms with Crippen molar-refractivity contribution in [1.29, 1.82) is 0 Å². The summed E-state index contributed by atoms with van der Waals surface area (Å²) >= 11 is 5.68. The summed E-state index contributed by atoms with van der Waals surface area (Å²) in [5, 5.41) is 0.0550. The van der Waals surface area contributed by atoms with Crippen LogP contribution in [0.15, 0.2) is 42.7 Å². The molecule has 0 atom stereocenters. The van der Waals surface area contributed by atoms with Crippen LogP contribution in [-0.4, -0.2) is 10.8 Å².